The van der Waals surface area contributed by atoms with E-state index in [1.165, 1.54) is 19.3 Å². The van der Waals surface area contributed by atoms with Gasteiger partial charge in [0.1, 0.15) is 5.82 Å². The fourth-order valence-corrected chi connectivity index (χ4v) is 4.36. The van der Waals surface area contributed by atoms with Crippen LogP contribution in [-0.2, 0) is 12.8 Å². The lowest BCUT2D eigenvalue weighted by atomic mass is 10.1. The Morgan fingerprint density at radius 3 is 2.52 bits per heavy atom. The molecular weight excluding hydrogens is 362 g/mol. The Morgan fingerprint density at radius 1 is 0.931 bits per heavy atom. The molecule has 3 heterocycles. The summed E-state index contributed by atoms with van der Waals surface area (Å²) in [7, 11) is 0. The van der Waals surface area contributed by atoms with Crippen LogP contribution >= 0.6 is 0 Å². The number of carbonyl (C=O) groups is 1. The van der Waals surface area contributed by atoms with E-state index in [1.807, 2.05) is 47.1 Å². The fourth-order valence-electron chi connectivity index (χ4n) is 4.36. The molecule has 1 N–H and O–H groups in total. The summed E-state index contributed by atoms with van der Waals surface area (Å²) in [6.45, 7) is 2.11. The molecule has 1 aromatic carbocycles. The zero-order valence-corrected chi connectivity index (χ0v) is 16.5. The summed E-state index contributed by atoms with van der Waals surface area (Å²) in [6, 6.07) is 14.0. The second kappa shape index (κ2) is 7.70. The maximum atomic E-state index is 13.0. The van der Waals surface area contributed by atoms with Gasteiger partial charge >= 0.3 is 0 Å². The van der Waals surface area contributed by atoms with E-state index in [9.17, 15) is 4.79 Å². The molecule has 5 rings (SSSR count). The first kappa shape index (κ1) is 17.9. The summed E-state index contributed by atoms with van der Waals surface area (Å²) >= 11 is 0. The van der Waals surface area contributed by atoms with Crippen LogP contribution < -0.4 is 10.2 Å². The van der Waals surface area contributed by atoms with Crippen molar-refractivity contribution in [2.24, 2.45) is 0 Å². The van der Waals surface area contributed by atoms with Gasteiger partial charge in [-0.2, -0.15) is 5.10 Å². The van der Waals surface area contributed by atoms with E-state index in [1.54, 1.807) is 6.20 Å². The number of carbonyl (C=O) groups excluding carboxylic acids is 1. The van der Waals surface area contributed by atoms with Gasteiger partial charge in [-0.3, -0.25) is 4.79 Å². The first-order chi connectivity index (χ1) is 14.3. The molecule has 6 heteroatoms. The van der Waals surface area contributed by atoms with Crippen molar-refractivity contribution in [2.75, 3.05) is 23.3 Å². The quantitative estimate of drug-likeness (QED) is 0.735. The number of amides is 1. The van der Waals surface area contributed by atoms with Crippen molar-refractivity contribution in [1.29, 1.82) is 0 Å². The Labute approximate surface area is 170 Å². The topological polar surface area (TPSA) is 63.1 Å². The Morgan fingerprint density at radius 2 is 1.76 bits per heavy atom. The molecule has 2 aromatic heterocycles. The summed E-state index contributed by atoms with van der Waals surface area (Å²) in [5, 5.41) is 7.65. The molecule has 1 saturated heterocycles. The van der Waals surface area contributed by atoms with Crippen LogP contribution in [0.25, 0.3) is 5.69 Å². The fraction of sp³-hybridized carbons (Fsp3) is 0.348. The van der Waals surface area contributed by atoms with Crippen molar-refractivity contribution < 1.29 is 4.79 Å². The van der Waals surface area contributed by atoms with Crippen LogP contribution in [0.3, 0.4) is 0 Å². The third-order valence-corrected chi connectivity index (χ3v) is 5.83. The van der Waals surface area contributed by atoms with Crippen LogP contribution in [-0.4, -0.2) is 33.8 Å². The number of hydrogen-bond donors (Lipinski definition) is 1. The number of anilines is 2. The number of piperidine rings is 1. The van der Waals surface area contributed by atoms with Crippen molar-refractivity contribution in [3.8, 4) is 5.69 Å². The Kier molecular flexibility index (Phi) is 4.76. The van der Waals surface area contributed by atoms with Crippen LogP contribution in [0.5, 0.6) is 0 Å². The molecular formula is C23H25N5O. The molecule has 0 radical (unpaired) electrons. The molecule has 1 amide bonds. The van der Waals surface area contributed by atoms with Crippen LogP contribution in [0, 0.1) is 0 Å². The average Bonchev–Trinajstić information content (AvgIpc) is 3.38. The second-order valence-corrected chi connectivity index (χ2v) is 7.78. The highest BCUT2D eigenvalue weighted by Crippen LogP contribution is 2.28. The predicted octanol–water partition coefficient (Wildman–Crippen LogP) is 4.00. The van der Waals surface area contributed by atoms with Crippen molar-refractivity contribution in [2.45, 2.75) is 38.5 Å². The summed E-state index contributed by atoms with van der Waals surface area (Å²) < 4.78 is 1.93. The molecule has 0 saturated carbocycles. The van der Waals surface area contributed by atoms with Gasteiger partial charge in [0.05, 0.1) is 17.6 Å². The van der Waals surface area contributed by atoms with Crippen LogP contribution in [0.15, 0.2) is 48.7 Å². The van der Waals surface area contributed by atoms with Crippen LogP contribution in [0.4, 0.5) is 11.5 Å². The molecule has 1 aliphatic heterocycles. The van der Waals surface area contributed by atoms with Crippen molar-refractivity contribution in [3.63, 3.8) is 0 Å². The summed E-state index contributed by atoms with van der Waals surface area (Å²) in [5.74, 6) is 0.822. The minimum Gasteiger partial charge on any atom is -0.357 e. The van der Waals surface area contributed by atoms with E-state index in [-0.39, 0.29) is 5.91 Å². The van der Waals surface area contributed by atoms with E-state index in [0.29, 0.717) is 11.4 Å². The third kappa shape index (κ3) is 3.50. The van der Waals surface area contributed by atoms with Gasteiger partial charge in [0.15, 0.2) is 5.69 Å². The van der Waals surface area contributed by atoms with E-state index < -0.39 is 0 Å². The summed E-state index contributed by atoms with van der Waals surface area (Å²) in [5.41, 5.74) is 4.46. The van der Waals surface area contributed by atoms with E-state index in [0.717, 1.165) is 55.1 Å². The number of fused-ring (bicyclic) bond motifs is 1. The number of hydrogen-bond acceptors (Lipinski definition) is 4. The van der Waals surface area contributed by atoms with Gasteiger partial charge in [0.2, 0.25) is 0 Å². The number of rotatable bonds is 4. The normalized spacial score (nSPS) is 15.9. The molecule has 3 aromatic rings. The monoisotopic (exact) mass is 387 g/mol. The minimum absolute atomic E-state index is 0.162. The standard InChI is InChI=1S/C23H25N5O/c29-23(25-17-12-13-21(24-16-17)27-14-5-2-6-15-27)22-19-10-7-11-20(19)28(26-22)18-8-3-1-4-9-18/h1,3-4,8-9,12-13,16H,2,5-7,10-11,14-15H2,(H,25,29). The SMILES string of the molecule is O=C(Nc1ccc(N2CCCCC2)nc1)c1nn(-c2ccccc2)c2c1CCC2. The van der Waals surface area contributed by atoms with Gasteiger partial charge in [-0.25, -0.2) is 9.67 Å². The van der Waals surface area contributed by atoms with E-state index in [4.69, 9.17) is 0 Å². The number of pyridine rings is 1. The molecule has 2 aliphatic rings. The summed E-state index contributed by atoms with van der Waals surface area (Å²) in [4.78, 5) is 19.8. The van der Waals surface area contributed by atoms with E-state index >= 15 is 0 Å². The number of nitrogens with zero attached hydrogens (tertiary/aromatic N) is 4. The molecule has 0 unspecified atom stereocenters. The third-order valence-electron chi connectivity index (χ3n) is 5.83. The van der Waals surface area contributed by atoms with Gasteiger partial charge in [-0.1, -0.05) is 18.2 Å². The molecule has 1 aliphatic carbocycles. The van der Waals surface area contributed by atoms with Crippen molar-refractivity contribution >= 4 is 17.4 Å². The maximum Gasteiger partial charge on any atom is 0.276 e. The highest BCUT2D eigenvalue weighted by Gasteiger charge is 2.27. The first-order valence-corrected chi connectivity index (χ1v) is 10.5. The Balaban J connectivity index is 1.36. The van der Waals surface area contributed by atoms with Gasteiger partial charge in [0, 0.05) is 24.3 Å². The molecule has 0 bridgehead atoms. The van der Waals surface area contributed by atoms with Gasteiger partial charge in [-0.15, -0.1) is 0 Å². The highest BCUT2D eigenvalue weighted by molar-refractivity contribution is 6.04. The molecule has 29 heavy (non-hydrogen) atoms. The van der Waals surface area contributed by atoms with Crippen LogP contribution in [0.2, 0.25) is 0 Å². The largest absolute Gasteiger partial charge is 0.357 e. The lowest BCUT2D eigenvalue weighted by Gasteiger charge is -2.27. The Hall–Kier alpha value is -3.15. The zero-order valence-electron chi connectivity index (χ0n) is 16.5. The van der Waals surface area contributed by atoms with Gasteiger partial charge in [-0.05, 0) is 62.8 Å². The molecule has 6 nitrogen and oxygen atoms in total. The van der Waals surface area contributed by atoms with Crippen molar-refractivity contribution in [1.82, 2.24) is 14.8 Å². The minimum atomic E-state index is -0.162. The van der Waals surface area contributed by atoms with Gasteiger partial charge in [0.25, 0.3) is 5.91 Å². The number of benzene rings is 1. The van der Waals surface area contributed by atoms with Crippen molar-refractivity contribution in [3.05, 3.63) is 65.6 Å². The average molecular weight is 387 g/mol. The molecule has 0 spiro atoms. The second-order valence-electron chi connectivity index (χ2n) is 7.78. The lowest BCUT2D eigenvalue weighted by Crippen LogP contribution is -2.30. The zero-order chi connectivity index (χ0) is 19.6. The van der Waals surface area contributed by atoms with Gasteiger partial charge < -0.3 is 10.2 Å². The smallest absolute Gasteiger partial charge is 0.276 e. The molecule has 148 valence electrons. The van der Waals surface area contributed by atoms with E-state index in [2.05, 4.69) is 20.3 Å². The molecule has 1 fully saturated rings. The summed E-state index contributed by atoms with van der Waals surface area (Å²) in [6.07, 6.45) is 8.39. The molecule has 0 atom stereocenters. The number of para-hydroxylation sites is 1. The number of nitrogens with one attached hydrogen (secondary N) is 1. The number of aromatic nitrogens is 3. The Bertz CT molecular complexity index is 1000. The van der Waals surface area contributed by atoms with Crippen LogP contribution in [0.1, 0.15) is 47.4 Å². The highest BCUT2D eigenvalue weighted by atomic mass is 16.2. The first-order valence-electron chi connectivity index (χ1n) is 10.5. The predicted molar refractivity (Wildman–Crippen MR) is 114 cm³/mol. The lowest BCUT2D eigenvalue weighted by molar-refractivity contribution is 0.102. The maximum absolute atomic E-state index is 13.0.